The Kier molecular flexibility index (Phi) is 4.57. The number of hydrogen-bond donors (Lipinski definition) is 0. The monoisotopic (exact) mass is 326 g/mol. The SMILES string of the molecule is COC(OC)c1ccnc(-c2ccc(F)c(Br)c2)n1. The molecule has 0 fully saturated rings. The van der Waals surface area contributed by atoms with E-state index < -0.39 is 6.29 Å². The molecule has 19 heavy (non-hydrogen) atoms. The Labute approximate surface area is 118 Å². The summed E-state index contributed by atoms with van der Waals surface area (Å²) in [5, 5.41) is 0. The second-order valence-corrected chi connectivity index (χ2v) is 4.59. The van der Waals surface area contributed by atoms with E-state index in [1.807, 2.05) is 0 Å². The highest BCUT2D eigenvalue weighted by atomic mass is 79.9. The lowest BCUT2D eigenvalue weighted by atomic mass is 10.2. The first-order valence-electron chi connectivity index (χ1n) is 5.49. The molecule has 0 N–H and O–H groups in total. The highest BCUT2D eigenvalue weighted by molar-refractivity contribution is 9.10. The van der Waals surface area contributed by atoms with Crippen LogP contribution in [0.5, 0.6) is 0 Å². The van der Waals surface area contributed by atoms with Crippen LogP contribution in [0.2, 0.25) is 0 Å². The first kappa shape index (κ1) is 14.0. The van der Waals surface area contributed by atoms with Gasteiger partial charge in [0.1, 0.15) is 11.5 Å². The van der Waals surface area contributed by atoms with Gasteiger partial charge < -0.3 is 9.47 Å². The number of nitrogens with zero attached hydrogens (tertiary/aromatic N) is 2. The molecule has 100 valence electrons. The van der Waals surface area contributed by atoms with Gasteiger partial charge in [0.2, 0.25) is 6.29 Å². The third-order valence-corrected chi connectivity index (χ3v) is 3.13. The third-order valence-electron chi connectivity index (χ3n) is 2.52. The van der Waals surface area contributed by atoms with Gasteiger partial charge in [-0.3, -0.25) is 0 Å². The summed E-state index contributed by atoms with van der Waals surface area (Å²) >= 11 is 3.14. The molecular weight excluding hydrogens is 315 g/mol. The number of benzene rings is 1. The van der Waals surface area contributed by atoms with E-state index >= 15 is 0 Å². The molecule has 4 nitrogen and oxygen atoms in total. The minimum absolute atomic E-state index is 0.327. The van der Waals surface area contributed by atoms with Gasteiger partial charge in [-0.1, -0.05) is 0 Å². The van der Waals surface area contributed by atoms with Crippen molar-refractivity contribution in [1.29, 1.82) is 0 Å². The normalized spacial score (nSPS) is 11.0. The molecule has 0 amide bonds. The molecular formula is C13H12BrFN2O2. The van der Waals surface area contributed by atoms with Gasteiger partial charge >= 0.3 is 0 Å². The summed E-state index contributed by atoms with van der Waals surface area (Å²) in [6.45, 7) is 0. The Morgan fingerprint density at radius 2 is 1.95 bits per heavy atom. The minimum atomic E-state index is -0.550. The molecule has 0 atom stereocenters. The lowest BCUT2D eigenvalue weighted by Crippen LogP contribution is -2.07. The van der Waals surface area contributed by atoms with E-state index in [-0.39, 0.29) is 5.82 Å². The van der Waals surface area contributed by atoms with Gasteiger partial charge in [-0.2, -0.15) is 0 Å². The van der Waals surface area contributed by atoms with Crippen molar-refractivity contribution in [3.8, 4) is 11.4 Å². The summed E-state index contributed by atoms with van der Waals surface area (Å²) in [4.78, 5) is 8.52. The van der Waals surface area contributed by atoms with Gasteiger partial charge in [0, 0.05) is 26.0 Å². The van der Waals surface area contributed by atoms with E-state index in [0.29, 0.717) is 21.6 Å². The van der Waals surface area contributed by atoms with E-state index in [9.17, 15) is 4.39 Å². The van der Waals surface area contributed by atoms with Gasteiger partial charge in [0.25, 0.3) is 0 Å². The molecule has 0 aliphatic heterocycles. The van der Waals surface area contributed by atoms with Crippen LogP contribution in [0.15, 0.2) is 34.9 Å². The van der Waals surface area contributed by atoms with E-state index in [2.05, 4.69) is 25.9 Å². The summed E-state index contributed by atoms with van der Waals surface area (Å²) in [5.41, 5.74) is 1.32. The van der Waals surface area contributed by atoms with Crippen molar-refractivity contribution in [3.63, 3.8) is 0 Å². The fraction of sp³-hybridized carbons (Fsp3) is 0.231. The van der Waals surface area contributed by atoms with Crippen molar-refractivity contribution in [2.45, 2.75) is 6.29 Å². The average molecular weight is 327 g/mol. The van der Waals surface area contributed by atoms with Gasteiger partial charge in [-0.15, -0.1) is 0 Å². The molecule has 0 bridgehead atoms. The summed E-state index contributed by atoms with van der Waals surface area (Å²) in [6.07, 6.45) is 1.06. The molecule has 2 rings (SSSR count). The molecule has 6 heteroatoms. The first-order valence-corrected chi connectivity index (χ1v) is 6.29. The van der Waals surface area contributed by atoms with E-state index in [1.54, 1.807) is 24.4 Å². The fourth-order valence-corrected chi connectivity index (χ4v) is 1.99. The molecule has 0 unspecified atom stereocenters. The van der Waals surface area contributed by atoms with Gasteiger partial charge in [0.15, 0.2) is 5.82 Å². The first-order chi connectivity index (χ1) is 9.15. The van der Waals surface area contributed by atoms with Crippen LogP contribution in [-0.4, -0.2) is 24.2 Å². The van der Waals surface area contributed by atoms with Crippen LogP contribution in [-0.2, 0) is 9.47 Å². The highest BCUT2D eigenvalue weighted by Crippen LogP contribution is 2.24. The number of halogens is 2. The van der Waals surface area contributed by atoms with Crippen molar-refractivity contribution >= 4 is 15.9 Å². The van der Waals surface area contributed by atoms with Crippen LogP contribution in [0.4, 0.5) is 4.39 Å². The van der Waals surface area contributed by atoms with Gasteiger partial charge in [-0.25, -0.2) is 14.4 Å². The number of methoxy groups -OCH3 is 2. The Bertz CT molecular complexity index is 576. The van der Waals surface area contributed by atoms with Crippen molar-refractivity contribution < 1.29 is 13.9 Å². The molecule has 0 spiro atoms. The Morgan fingerprint density at radius 3 is 2.58 bits per heavy atom. The van der Waals surface area contributed by atoms with Crippen LogP contribution >= 0.6 is 15.9 Å². The van der Waals surface area contributed by atoms with Crippen LogP contribution < -0.4 is 0 Å². The summed E-state index contributed by atoms with van der Waals surface area (Å²) in [7, 11) is 3.06. The second kappa shape index (κ2) is 6.18. The van der Waals surface area contributed by atoms with Crippen molar-refractivity contribution in [2.24, 2.45) is 0 Å². The van der Waals surface area contributed by atoms with Crippen LogP contribution in [0.1, 0.15) is 12.0 Å². The van der Waals surface area contributed by atoms with Crippen molar-refractivity contribution in [1.82, 2.24) is 9.97 Å². The van der Waals surface area contributed by atoms with E-state index in [4.69, 9.17) is 9.47 Å². The maximum atomic E-state index is 13.2. The predicted molar refractivity (Wildman–Crippen MR) is 71.9 cm³/mol. The largest absolute Gasteiger partial charge is 0.350 e. The maximum absolute atomic E-state index is 13.2. The maximum Gasteiger partial charge on any atom is 0.200 e. The molecule has 1 aromatic carbocycles. The number of hydrogen-bond acceptors (Lipinski definition) is 4. The number of aromatic nitrogens is 2. The predicted octanol–water partition coefficient (Wildman–Crippen LogP) is 3.34. The lowest BCUT2D eigenvalue weighted by Gasteiger charge is -2.13. The van der Waals surface area contributed by atoms with Gasteiger partial charge in [0.05, 0.1) is 4.47 Å². The number of rotatable bonds is 4. The average Bonchev–Trinajstić information content (AvgIpc) is 2.44. The Balaban J connectivity index is 2.40. The molecule has 1 heterocycles. The summed E-state index contributed by atoms with van der Waals surface area (Å²) < 4.78 is 23.8. The minimum Gasteiger partial charge on any atom is -0.350 e. The van der Waals surface area contributed by atoms with E-state index in [1.165, 1.54) is 20.3 Å². The summed E-state index contributed by atoms with van der Waals surface area (Å²) in [5.74, 6) is 0.156. The molecule has 0 aliphatic rings. The van der Waals surface area contributed by atoms with E-state index in [0.717, 1.165) is 0 Å². The highest BCUT2D eigenvalue weighted by Gasteiger charge is 2.13. The zero-order valence-corrected chi connectivity index (χ0v) is 12.0. The summed E-state index contributed by atoms with van der Waals surface area (Å²) in [6, 6.07) is 6.32. The van der Waals surface area contributed by atoms with Crippen molar-refractivity contribution in [3.05, 3.63) is 46.4 Å². The Morgan fingerprint density at radius 1 is 1.21 bits per heavy atom. The molecule has 0 saturated carbocycles. The molecule has 0 aliphatic carbocycles. The third kappa shape index (κ3) is 3.15. The van der Waals surface area contributed by atoms with Crippen LogP contribution in [0.25, 0.3) is 11.4 Å². The smallest absolute Gasteiger partial charge is 0.200 e. The second-order valence-electron chi connectivity index (χ2n) is 3.74. The zero-order valence-electron chi connectivity index (χ0n) is 10.4. The Hall–Kier alpha value is -1.37. The molecule has 0 saturated heterocycles. The fourth-order valence-electron chi connectivity index (χ4n) is 1.62. The van der Waals surface area contributed by atoms with Crippen LogP contribution in [0.3, 0.4) is 0 Å². The van der Waals surface area contributed by atoms with Crippen LogP contribution in [0, 0.1) is 5.82 Å². The lowest BCUT2D eigenvalue weighted by molar-refractivity contribution is -0.108. The topological polar surface area (TPSA) is 44.2 Å². The molecule has 1 aromatic heterocycles. The number of ether oxygens (including phenoxy) is 2. The molecule has 0 radical (unpaired) electrons. The van der Waals surface area contributed by atoms with Crippen molar-refractivity contribution in [2.75, 3.05) is 14.2 Å². The zero-order chi connectivity index (χ0) is 13.8. The molecule has 2 aromatic rings. The quantitative estimate of drug-likeness (QED) is 0.808. The van der Waals surface area contributed by atoms with Gasteiger partial charge in [-0.05, 0) is 40.2 Å². The standard InChI is InChI=1S/C13H12BrFN2O2/c1-18-13(19-2)11-5-6-16-12(17-11)8-3-4-10(15)9(14)7-8/h3-7,13H,1-2H3.